The molecule has 4 aromatic rings. The Labute approximate surface area is 195 Å². The number of rotatable bonds is 7. The molecule has 2 aromatic carbocycles. The summed E-state index contributed by atoms with van der Waals surface area (Å²) in [5.74, 6) is 0.441. The summed E-state index contributed by atoms with van der Waals surface area (Å²) in [7, 11) is 0. The SMILES string of the molecule is CSc1cccc(-c2ccc(-c3cc(OCC(C)(C)O)nn3-c3ccccc3Cl)s2)c1. The number of aliphatic hydroxyl groups is 1. The fourth-order valence-corrected chi connectivity index (χ4v) is 4.75. The molecule has 0 radical (unpaired) electrons. The number of hydrogen-bond donors (Lipinski definition) is 1. The lowest BCUT2D eigenvalue weighted by atomic mass is 10.2. The molecule has 0 bridgehead atoms. The lowest BCUT2D eigenvalue weighted by Crippen LogP contribution is -2.28. The molecule has 0 spiro atoms. The Morgan fingerprint density at radius 3 is 2.58 bits per heavy atom. The minimum Gasteiger partial charge on any atom is -0.474 e. The van der Waals surface area contributed by atoms with Gasteiger partial charge in [0.1, 0.15) is 6.61 Å². The van der Waals surface area contributed by atoms with E-state index in [0.717, 1.165) is 16.3 Å². The maximum atomic E-state index is 10.0. The van der Waals surface area contributed by atoms with Crippen LogP contribution in [-0.2, 0) is 0 Å². The van der Waals surface area contributed by atoms with Crippen LogP contribution in [0.2, 0.25) is 5.02 Å². The molecule has 7 heteroatoms. The Morgan fingerprint density at radius 2 is 1.84 bits per heavy atom. The van der Waals surface area contributed by atoms with Gasteiger partial charge in [-0.25, -0.2) is 4.68 Å². The Balaban J connectivity index is 1.75. The third kappa shape index (κ3) is 5.15. The van der Waals surface area contributed by atoms with Crippen LogP contribution in [-0.4, -0.2) is 33.4 Å². The summed E-state index contributed by atoms with van der Waals surface area (Å²) in [4.78, 5) is 3.46. The van der Waals surface area contributed by atoms with E-state index in [2.05, 4.69) is 47.8 Å². The van der Waals surface area contributed by atoms with E-state index in [1.54, 1.807) is 41.6 Å². The third-order valence-corrected chi connectivity index (χ3v) is 6.76. The maximum absolute atomic E-state index is 10.0. The van der Waals surface area contributed by atoms with Crippen molar-refractivity contribution < 1.29 is 9.84 Å². The molecule has 31 heavy (non-hydrogen) atoms. The van der Waals surface area contributed by atoms with Crippen molar-refractivity contribution >= 4 is 34.7 Å². The van der Waals surface area contributed by atoms with E-state index in [1.165, 1.54) is 15.3 Å². The average molecular weight is 471 g/mol. The van der Waals surface area contributed by atoms with Gasteiger partial charge in [-0.3, -0.25) is 0 Å². The number of thioether (sulfide) groups is 1. The van der Waals surface area contributed by atoms with Crippen LogP contribution >= 0.6 is 34.7 Å². The molecule has 0 unspecified atom stereocenters. The monoisotopic (exact) mass is 470 g/mol. The summed E-state index contributed by atoms with van der Waals surface area (Å²) < 4.78 is 7.57. The zero-order valence-corrected chi connectivity index (χ0v) is 19.9. The van der Waals surface area contributed by atoms with Gasteiger partial charge in [-0.1, -0.05) is 35.9 Å². The van der Waals surface area contributed by atoms with Crippen LogP contribution in [0.5, 0.6) is 5.88 Å². The summed E-state index contributed by atoms with van der Waals surface area (Å²) in [6.45, 7) is 3.55. The van der Waals surface area contributed by atoms with Crippen LogP contribution < -0.4 is 4.74 Å². The highest BCUT2D eigenvalue weighted by molar-refractivity contribution is 7.98. The fourth-order valence-electron chi connectivity index (χ4n) is 3.07. The van der Waals surface area contributed by atoms with Gasteiger partial charge < -0.3 is 9.84 Å². The minimum absolute atomic E-state index is 0.142. The normalized spacial score (nSPS) is 11.6. The molecule has 0 amide bonds. The average Bonchev–Trinajstić information content (AvgIpc) is 3.39. The fraction of sp³-hybridized carbons (Fsp3) is 0.208. The Morgan fingerprint density at radius 1 is 1.06 bits per heavy atom. The van der Waals surface area contributed by atoms with Gasteiger partial charge in [0, 0.05) is 15.8 Å². The zero-order valence-electron chi connectivity index (χ0n) is 17.5. The zero-order chi connectivity index (χ0) is 22.0. The molecule has 0 atom stereocenters. The Kier molecular flexibility index (Phi) is 6.44. The van der Waals surface area contributed by atoms with Crippen LogP contribution in [0, 0.1) is 0 Å². The van der Waals surface area contributed by atoms with Crippen molar-refractivity contribution in [1.29, 1.82) is 0 Å². The Hall–Kier alpha value is -2.25. The van der Waals surface area contributed by atoms with Crippen molar-refractivity contribution in [3.05, 3.63) is 71.8 Å². The van der Waals surface area contributed by atoms with Gasteiger partial charge in [0.15, 0.2) is 0 Å². The van der Waals surface area contributed by atoms with E-state index < -0.39 is 5.60 Å². The van der Waals surface area contributed by atoms with E-state index in [-0.39, 0.29) is 6.61 Å². The highest BCUT2D eigenvalue weighted by Gasteiger charge is 2.19. The van der Waals surface area contributed by atoms with Crippen molar-refractivity contribution in [2.75, 3.05) is 12.9 Å². The molecule has 0 aliphatic carbocycles. The van der Waals surface area contributed by atoms with E-state index in [1.807, 2.05) is 30.3 Å². The van der Waals surface area contributed by atoms with E-state index in [4.69, 9.17) is 16.3 Å². The largest absolute Gasteiger partial charge is 0.474 e. The van der Waals surface area contributed by atoms with Gasteiger partial charge in [0.25, 0.3) is 0 Å². The molecule has 0 saturated carbocycles. The summed E-state index contributed by atoms with van der Waals surface area (Å²) in [5, 5.41) is 15.3. The lowest BCUT2D eigenvalue weighted by Gasteiger charge is -2.16. The number of benzene rings is 2. The van der Waals surface area contributed by atoms with Crippen molar-refractivity contribution in [3.63, 3.8) is 0 Å². The molecule has 0 aliphatic heterocycles. The number of thiophene rings is 1. The first kappa shape index (κ1) is 22.0. The number of ether oxygens (including phenoxy) is 1. The van der Waals surface area contributed by atoms with Crippen molar-refractivity contribution in [2.45, 2.75) is 24.3 Å². The molecule has 2 aromatic heterocycles. The highest BCUT2D eigenvalue weighted by atomic mass is 35.5. The van der Waals surface area contributed by atoms with Gasteiger partial charge in [-0.05, 0) is 62.1 Å². The molecule has 160 valence electrons. The number of nitrogens with zero attached hydrogens (tertiary/aromatic N) is 2. The first-order valence-electron chi connectivity index (χ1n) is 9.79. The predicted molar refractivity (Wildman–Crippen MR) is 131 cm³/mol. The van der Waals surface area contributed by atoms with Gasteiger partial charge in [-0.2, -0.15) is 0 Å². The number of aromatic nitrogens is 2. The highest BCUT2D eigenvalue weighted by Crippen LogP contribution is 2.38. The van der Waals surface area contributed by atoms with Crippen LogP contribution in [0.1, 0.15) is 13.8 Å². The minimum atomic E-state index is -0.952. The topological polar surface area (TPSA) is 47.3 Å². The number of halogens is 1. The third-order valence-electron chi connectivity index (χ3n) is 4.55. The first-order chi connectivity index (χ1) is 14.8. The maximum Gasteiger partial charge on any atom is 0.233 e. The van der Waals surface area contributed by atoms with Crippen LogP contribution in [0.4, 0.5) is 0 Å². The molecule has 0 aliphatic rings. The van der Waals surface area contributed by atoms with Crippen LogP contribution in [0.25, 0.3) is 26.7 Å². The first-order valence-corrected chi connectivity index (χ1v) is 12.2. The molecular formula is C24H23ClN2O2S2. The molecule has 4 nitrogen and oxygen atoms in total. The van der Waals surface area contributed by atoms with E-state index in [0.29, 0.717) is 10.9 Å². The summed E-state index contributed by atoms with van der Waals surface area (Å²) in [6, 6.07) is 22.2. The number of para-hydroxylation sites is 1. The molecule has 0 fully saturated rings. The van der Waals surface area contributed by atoms with E-state index >= 15 is 0 Å². The standard InChI is InChI=1S/C24H23ClN2O2S2/c1-24(2,28)15-29-23-14-20(27(26-23)19-10-5-4-9-18(19)25)22-12-11-21(31-22)16-7-6-8-17(13-16)30-3/h4-14,28H,15H2,1-3H3. The van der Waals surface area contributed by atoms with Crippen molar-refractivity contribution in [1.82, 2.24) is 9.78 Å². The van der Waals surface area contributed by atoms with E-state index in [9.17, 15) is 5.11 Å². The summed E-state index contributed by atoms with van der Waals surface area (Å²) >= 11 is 9.89. The van der Waals surface area contributed by atoms with Crippen molar-refractivity contribution in [3.8, 4) is 32.6 Å². The van der Waals surface area contributed by atoms with Gasteiger partial charge >= 0.3 is 0 Å². The molecule has 4 rings (SSSR count). The summed E-state index contributed by atoms with van der Waals surface area (Å²) in [5.41, 5.74) is 1.89. The summed E-state index contributed by atoms with van der Waals surface area (Å²) in [6.07, 6.45) is 2.08. The van der Waals surface area contributed by atoms with Crippen LogP contribution in [0.3, 0.4) is 0 Å². The molecule has 1 N–H and O–H groups in total. The van der Waals surface area contributed by atoms with Crippen LogP contribution in [0.15, 0.2) is 71.6 Å². The van der Waals surface area contributed by atoms with Gasteiger partial charge in [0.2, 0.25) is 5.88 Å². The molecular weight excluding hydrogens is 448 g/mol. The van der Waals surface area contributed by atoms with Gasteiger partial charge in [0.05, 0.1) is 26.9 Å². The second-order valence-electron chi connectivity index (χ2n) is 7.73. The van der Waals surface area contributed by atoms with Crippen molar-refractivity contribution in [2.24, 2.45) is 0 Å². The second kappa shape index (κ2) is 9.09. The number of hydrogen-bond acceptors (Lipinski definition) is 5. The predicted octanol–water partition coefficient (Wildman–Crippen LogP) is 6.79. The Bertz CT molecular complexity index is 1190. The quantitative estimate of drug-likeness (QED) is 0.302. The molecule has 0 saturated heterocycles. The smallest absolute Gasteiger partial charge is 0.233 e. The second-order valence-corrected chi connectivity index (χ2v) is 10.1. The lowest BCUT2D eigenvalue weighted by molar-refractivity contribution is 0.0267. The van der Waals surface area contributed by atoms with Gasteiger partial charge in [-0.15, -0.1) is 28.2 Å². The molecule has 2 heterocycles.